The minimum absolute atomic E-state index is 0.0229. The first kappa shape index (κ1) is 11.3. The number of carbonyl (C=O) groups excluding carboxylic acids is 1. The zero-order chi connectivity index (χ0) is 13.5. The van der Waals surface area contributed by atoms with Gasteiger partial charge in [-0.1, -0.05) is 30.3 Å². The zero-order valence-electron chi connectivity index (χ0n) is 10.8. The molecule has 3 aromatic rings. The van der Waals surface area contributed by atoms with Gasteiger partial charge in [0.1, 0.15) is 11.0 Å². The molecule has 0 bridgehead atoms. The molecule has 0 radical (unpaired) electrons. The molecule has 4 rings (SSSR count). The number of hydrogen-bond acceptors (Lipinski definition) is 3. The van der Waals surface area contributed by atoms with Gasteiger partial charge in [-0.05, 0) is 36.1 Å². The molecule has 1 aromatic heterocycles. The van der Waals surface area contributed by atoms with Crippen LogP contribution >= 0.6 is 0 Å². The van der Waals surface area contributed by atoms with Crippen LogP contribution in [0, 0.1) is 5.92 Å². The number of aromatic amines is 1. The van der Waals surface area contributed by atoms with Gasteiger partial charge < -0.3 is 0 Å². The second kappa shape index (κ2) is 4.27. The normalized spacial score (nSPS) is 17.6. The van der Waals surface area contributed by atoms with E-state index in [1.54, 1.807) is 0 Å². The van der Waals surface area contributed by atoms with E-state index in [0.717, 1.165) is 35.0 Å². The van der Waals surface area contributed by atoms with Crippen LogP contribution in [0.5, 0.6) is 0 Å². The standard InChI is InChI=1S/C16H13N3O/c20-16-11(8-10-4-2-1-3-5-10)9-13-12(16)6-7-14-15(13)18-19-17-14/h1-7,11H,8-9H2,(H,17,18,19). The molecular formula is C16H13N3O. The number of nitrogens with one attached hydrogen (secondary N) is 1. The van der Waals surface area contributed by atoms with Crippen molar-refractivity contribution in [1.82, 2.24) is 15.4 Å². The number of nitrogens with zero attached hydrogens (tertiary/aromatic N) is 2. The maximum absolute atomic E-state index is 12.5. The Morgan fingerprint density at radius 1 is 1.10 bits per heavy atom. The maximum Gasteiger partial charge on any atom is 0.166 e. The quantitative estimate of drug-likeness (QED) is 0.773. The lowest BCUT2D eigenvalue weighted by Crippen LogP contribution is -2.12. The maximum atomic E-state index is 12.5. The Morgan fingerprint density at radius 3 is 2.80 bits per heavy atom. The SMILES string of the molecule is O=C1c2ccc3n[nH]nc3c2CC1Cc1ccccc1. The Balaban J connectivity index is 1.71. The molecule has 2 aromatic carbocycles. The van der Waals surface area contributed by atoms with Crippen molar-refractivity contribution >= 4 is 16.8 Å². The predicted octanol–water partition coefficient (Wildman–Crippen LogP) is 2.56. The summed E-state index contributed by atoms with van der Waals surface area (Å²) in [6.45, 7) is 0. The molecule has 4 nitrogen and oxygen atoms in total. The summed E-state index contributed by atoms with van der Waals surface area (Å²) in [7, 11) is 0. The lowest BCUT2D eigenvalue weighted by molar-refractivity contribution is 0.0936. The first-order chi connectivity index (χ1) is 9.83. The summed E-state index contributed by atoms with van der Waals surface area (Å²) in [4.78, 5) is 12.5. The largest absolute Gasteiger partial charge is 0.294 e. The van der Waals surface area contributed by atoms with Crippen molar-refractivity contribution in [2.24, 2.45) is 5.92 Å². The van der Waals surface area contributed by atoms with Crippen molar-refractivity contribution in [2.45, 2.75) is 12.8 Å². The first-order valence-electron chi connectivity index (χ1n) is 6.73. The Hall–Kier alpha value is -2.49. The fraction of sp³-hybridized carbons (Fsp3) is 0.188. The van der Waals surface area contributed by atoms with Crippen LogP contribution < -0.4 is 0 Å². The minimum atomic E-state index is 0.0229. The Bertz CT molecular complexity index is 792. The van der Waals surface area contributed by atoms with E-state index in [0.29, 0.717) is 0 Å². The van der Waals surface area contributed by atoms with Crippen LogP contribution in [0.3, 0.4) is 0 Å². The van der Waals surface area contributed by atoms with Gasteiger partial charge in [0.05, 0.1) is 0 Å². The number of benzene rings is 2. The van der Waals surface area contributed by atoms with Crippen molar-refractivity contribution in [3.8, 4) is 0 Å². The van der Waals surface area contributed by atoms with Gasteiger partial charge >= 0.3 is 0 Å². The molecule has 0 amide bonds. The van der Waals surface area contributed by atoms with E-state index < -0.39 is 0 Å². The zero-order valence-corrected chi connectivity index (χ0v) is 10.8. The van der Waals surface area contributed by atoms with Crippen LogP contribution in [0.15, 0.2) is 42.5 Å². The van der Waals surface area contributed by atoms with Crippen LogP contribution in [0.25, 0.3) is 11.0 Å². The van der Waals surface area contributed by atoms with Crippen LogP contribution in [-0.2, 0) is 12.8 Å². The molecular weight excluding hydrogens is 250 g/mol. The van der Waals surface area contributed by atoms with Gasteiger partial charge in [-0.15, -0.1) is 0 Å². The van der Waals surface area contributed by atoms with E-state index in [1.807, 2.05) is 30.3 Å². The lowest BCUT2D eigenvalue weighted by Gasteiger charge is -2.07. The van der Waals surface area contributed by atoms with E-state index in [2.05, 4.69) is 27.5 Å². The second-order valence-corrected chi connectivity index (χ2v) is 5.24. The summed E-state index contributed by atoms with van der Waals surface area (Å²) in [6, 6.07) is 13.9. The minimum Gasteiger partial charge on any atom is -0.294 e. The molecule has 1 heterocycles. The van der Waals surface area contributed by atoms with Gasteiger partial charge in [-0.25, -0.2) is 0 Å². The molecule has 20 heavy (non-hydrogen) atoms. The Kier molecular flexibility index (Phi) is 2.42. The van der Waals surface area contributed by atoms with Gasteiger partial charge in [-0.2, -0.15) is 15.4 Å². The van der Waals surface area contributed by atoms with Crippen molar-refractivity contribution in [3.05, 3.63) is 59.2 Å². The molecule has 98 valence electrons. The molecule has 1 aliphatic rings. The molecule has 0 fully saturated rings. The van der Waals surface area contributed by atoms with Crippen LogP contribution in [0.4, 0.5) is 0 Å². The fourth-order valence-electron chi connectivity index (χ4n) is 3.03. The topological polar surface area (TPSA) is 58.6 Å². The molecule has 0 spiro atoms. The summed E-state index contributed by atoms with van der Waals surface area (Å²) in [5.74, 6) is 0.253. The van der Waals surface area contributed by atoms with E-state index in [1.165, 1.54) is 5.56 Å². The van der Waals surface area contributed by atoms with Crippen molar-refractivity contribution in [2.75, 3.05) is 0 Å². The van der Waals surface area contributed by atoms with Gasteiger partial charge in [0.25, 0.3) is 0 Å². The summed E-state index contributed by atoms with van der Waals surface area (Å²) in [6.07, 6.45) is 1.54. The summed E-state index contributed by atoms with van der Waals surface area (Å²) >= 11 is 0. The number of carbonyl (C=O) groups is 1. The van der Waals surface area contributed by atoms with Gasteiger partial charge in [0.2, 0.25) is 0 Å². The third kappa shape index (κ3) is 1.65. The third-order valence-corrected chi connectivity index (χ3v) is 4.01. The van der Waals surface area contributed by atoms with Gasteiger partial charge in [0.15, 0.2) is 5.78 Å². The number of ketones is 1. The molecule has 0 aliphatic heterocycles. The first-order valence-corrected chi connectivity index (χ1v) is 6.73. The second-order valence-electron chi connectivity index (χ2n) is 5.24. The number of Topliss-reactive ketones (excluding diaryl/α,β-unsaturated/α-hetero) is 1. The number of fused-ring (bicyclic) bond motifs is 3. The van der Waals surface area contributed by atoms with Crippen LogP contribution in [0.2, 0.25) is 0 Å². The van der Waals surface area contributed by atoms with E-state index >= 15 is 0 Å². The number of aromatic nitrogens is 3. The summed E-state index contributed by atoms with van der Waals surface area (Å²) in [5, 5.41) is 10.9. The highest BCUT2D eigenvalue weighted by Crippen LogP contribution is 2.32. The molecule has 1 N–H and O–H groups in total. The fourth-order valence-corrected chi connectivity index (χ4v) is 3.03. The average Bonchev–Trinajstić information content (AvgIpc) is 3.06. The van der Waals surface area contributed by atoms with E-state index in [4.69, 9.17) is 0 Å². The highest BCUT2D eigenvalue weighted by atomic mass is 16.1. The number of rotatable bonds is 2. The average molecular weight is 263 g/mol. The number of H-pyrrole nitrogens is 1. The Morgan fingerprint density at radius 2 is 1.95 bits per heavy atom. The van der Waals surface area contributed by atoms with Crippen molar-refractivity contribution < 1.29 is 4.79 Å². The molecule has 0 saturated heterocycles. The Labute approximate surface area is 115 Å². The molecule has 1 aliphatic carbocycles. The van der Waals surface area contributed by atoms with Crippen molar-refractivity contribution in [1.29, 1.82) is 0 Å². The molecule has 1 atom stereocenters. The van der Waals surface area contributed by atoms with Gasteiger partial charge in [-0.3, -0.25) is 4.79 Å². The summed E-state index contributed by atoms with van der Waals surface area (Å²) in [5.41, 5.74) is 4.73. The van der Waals surface area contributed by atoms with E-state index in [9.17, 15) is 4.79 Å². The smallest absolute Gasteiger partial charge is 0.166 e. The van der Waals surface area contributed by atoms with Crippen LogP contribution in [0.1, 0.15) is 21.5 Å². The molecule has 4 heteroatoms. The molecule has 0 saturated carbocycles. The highest BCUT2D eigenvalue weighted by Gasteiger charge is 2.32. The van der Waals surface area contributed by atoms with Crippen LogP contribution in [-0.4, -0.2) is 21.2 Å². The lowest BCUT2D eigenvalue weighted by atomic mass is 9.96. The predicted molar refractivity (Wildman–Crippen MR) is 75.6 cm³/mol. The third-order valence-electron chi connectivity index (χ3n) is 4.01. The number of hydrogen-bond donors (Lipinski definition) is 1. The monoisotopic (exact) mass is 263 g/mol. The van der Waals surface area contributed by atoms with E-state index in [-0.39, 0.29) is 11.7 Å². The highest BCUT2D eigenvalue weighted by molar-refractivity contribution is 6.06. The summed E-state index contributed by atoms with van der Waals surface area (Å²) < 4.78 is 0. The molecule has 1 unspecified atom stereocenters. The van der Waals surface area contributed by atoms with Crippen molar-refractivity contribution in [3.63, 3.8) is 0 Å². The van der Waals surface area contributed by atoms with Gasteiger partial charge in [0, 0.05) is 11.5 Å².